The van der Waals surface area contributed by atoms with Gasteiger partial charge in [0.1, 0.15) is 5.82 Å². The molecule has 0 amide bonds. The van der Waals surface area contributed by atoms with Crippen molar-refractivity contribution < 1.29 is 0 Å². The van der Waals surface area contributed by atoms with Crippen LogP contribution in [0.3, 0.4) is 0 Å². The molecule has 0 saturated heterocycles. The minimum absolute atomic E-state index is 0.849. The zero-order valence-corrected chi connectivity index (χ0v) is 9.09. The van der Waals surface area contributed by atoms with Crippen LogP contribution in [0.15, 0.2) is 42.7 Å². The van der Waals surface area contributed by atoms with Crippen LogP contribution in [0.1, 0.15) is 5.82 Å². The summed E-state index contributed by atoms with van der Waals surface area (Å²) in [5, 5.41) is 0. The number of nitrogens with zero attached hydrogens (tertiary/aromatic N) is 3. The third-order valence-corrected chi connectivity index (χ3v) is 2.21. The van der Waals surface area contributed by atoms with Gasteiger partial charge < -0.3 is 9.47 Å². The summed E-state index contributed by atoms with van der Waals surface area (Å²) in [7, 11) is 4.09. The van der Waals surface area contributed by atoms with E-state index in [2.05, 4.69) is 26.6 Å². The highest BCUT2D eigenvalue weighted by Gasteiger charge is 2.04. The van der Waals surface area contributed by atoms with E-state index in [1.165, 1.54) is 0 Å². The Hall–Kier alpha value is -1.61. The molecule has 0 radical (unpaired) electrons. The molecule has 3 heteroatoms. The summed E-state index contributed by atoms with van der Waals surface area (Å²) in [5.41, 5.74) is 1.16. The standard InChI is InChI=1S/C12H15N3/c1-14(2)10-12-13-8-9-15(12)11-6-4-3-5-7-11/h3-9H,10H2,1-2H3. The molecule has 2 rings (SSSR count). The third kappa shape index (κ3) is 2.25. The quantitative estimate of drug-likeness (QED) is 0.756. The van der Waals surface area contributed by atoms with E-state index in [-0.39, 0.29) is 0 Å². The van der Waals surface area contributed by atoms with E-state index in [1.54, 1.807) is 0 Å². The molecular weight excluding hydrogens is 186 g/mol. The maximum absolute atomic E-state index is 4.35. The number of hydrogen-bond acceptors (Lipinski definition) is 2. The van der Waals surface area contributed by atoms with E-state index in [4.69, 9.17) is 0 Å². The molecule has 15 heavy (non-hydrogen) atoms. The summed E-state index contributed by atoms with van der Waals surface area (Å²) >= 11 is 0. The summed E-state index contributed by atoms with van der Waals surface area (Å²) in [6.45, 7) is 0.849. The molecule has 0 bridgehead atoms. The predicted octanol–water partition coefficient (Wildman–Crippen LogP) is 1.93. The normalized spacial score (nSPS) is 10.9. The summed E-state index contributed by atoms with van der Waals surface area (Å²) < 4.78 is 2.11. The van der Waals surface area contributed by atoms with Gasteiger partial charge in [0, 0.05) is 18.1 Å². The first-order chi connectivity index (χ1) is 7.27. The lowest BCUT2D eigenvalue weighted by molar-refractivity contribution is 0.388. The molecule has 1 heterocycles. The van der Waals surface area contributed by atoms with Crippen molar-refractivity contribution in [1.82, 2.24) is 14.5 Å². The van der Waals surface area contributed by atoms with Crippen LogP contribution in [0.2, 0.25) is 0 Å². The van der Waals surface area contributed by atoms with Gasteiger partial charge in [0.2, 0.25) is 0 Å². The Kier molecular flexibility index (Phi) is 2.83. The van der Waals surface area contributed by atoms with Crippen molar-refractivity contribution in [3.05, 3.63) is 48.5 Å². The minimum atomic E-state index is 0.849. The molecule has 0 fully saturated rings. The molecule has 0 aliphatic carbocycles. The highest BCUT2D eigenvalue weighted by atomic mass is 15.1. The Morgan fingerprint density at radius 1 is 1.20 bits per heavy atom. The number of imidazole rings is 1. The van der Waals surface area contributed by atoms with Crippen LogP contribution in [0, 0.1) is 0 Å². The van der Waals surface area contributed by atoms with E-state index in [1.807, 2.05) is 44.7 Å². The Balaban J connectivity index is 2.33. The largest absolute Gasteiger partial charge is 0.303 e. The monoisotopic (exact) mass is 201 g/mol. The van der Waals surface area contributed by atoms with Gasteiger partial charge in [-0.05, 0) is 26.2 Å². The molecule has 0 N–H and O–H groups in total. The number of hydrogen-bond donors (Lipinski definition) is 0. The average molecular weight is 201 g/mol. The molecule has 3 nitrogen and oxygen atoms in total. The van der Waals surface area contributed by atoms with Crippen molar-refractivity contribution in [2.75, 3.05) is 14.1 Å². The number of benzene rings is 1. The van der Waals surface area contributed by atoms with Gasteiger partial charge in [0.25, 0.3) is 0 Å². The van der Waals surface area contributed by atoms with Crippen LogP contribution in [-0.2, 0) is 6.54 Å². The first-order valence-corrected chi connectivity index (χ1v) is 5.00. The summed E-state index contributed by atoms with van der Waals surface area (Å²) in [6, 6.07) is 10.3. The van der Waals surface area contributed by atoms with Gasteiger partial charge in [-0.2, -0.15) is 0 Å². The molecule has 0 saturated carbocycles. The Morgan fingerprint density at radius 3 is 2.60 bits per heavy atom. The van der Waals surface area contributed by atoms with Crippen molar-refractivity contribution >= 4 is 0 Å². The number of aromatic nitrogens is 2. The van der Waals surface area contributed by atoms with Crippen molar-refractivity contribution in [3.8, 4) is 5.69 Å². The fraction of sp³-hybridized carbons (Fsp3) is 0.250. The second-order valence-electron chi connectivity index (χ2n) is 3.79. The number of rotatable bonds is 3. The Bertz CT molecular complexity index is 417. The topological polar surface area (TPSA) is 21.1 Å². The first kappa shape index (κ1) is 9.93. The molecule has 0 spiro atoms. The van der Waals surface area contributed by atoms with Crippen LogP contribution in [-0.4, -0.2) is 28.5 Å². The van der Waals surface area contributed by atoms with Gasteiger partial charge in [-0.25, -0.2) is 4.98 Å². The number of para-hydroxylation sites is 1. The summed E-state index contributed by atoms with van der Waals surface area (Å²) in [5.74, 6) is 1.06. The smallest absolute Gasteiger partial charge is 0.127 e. The van der Waals surface area contributed by atoms with E-state index < -0.39 is 0 Å². The minimum Gasteiger partial charge on any atom is -0.303 e. The lowest BCUT2D eigenvalue weighted by Crippen LogP contribution is -2.14. The molecular formula is C12H15N3. The lowest BCUT2D eigenvalue weighted by atomic mass is 10.3. The van der Waals surface area contributed by atoms with Crippen LogP contribution in [0.5, 0.6) is 0 Å². The zero-order chi connectivity index (χ0) is 10.7. The molecule has 1 aromatic carbocycles. The molecule has 1 aromatic heterocycles. The molecule has 0 unspecified atom stereocenters. The summed E-state index contributed by atoms with van der Waals surface area (Å²) in [4.78, 5) is 6.47. The first-order valence-electron chi connectivity index (χ1n) is 5.00. The van der Waals surface area contributed by atoms with Crippen molar-refractivity contribution in [3.63, 3.8) is 0 Å². The van der Waals surface area contributed by atoms with Crippen molar-refractivity contribution in [1.29, 1.82) is 0 Å². The zero-order valence-electron chi connectivity index (χ0n) is 9.09. The SMILES string of the molecule is CN(C)Cc1nccn1-c1ccccc1. The molecule has 78 valence electrons. The fourth-order valence-corrected chi connectivity index (χ4v) is 1.56. The van der Waals surface area contributed by atoms with Crippen LogP contribution >= 0.6 is 0 Å². The van der Waals surface area contributed by atoms with E-state index in [0.29, 0.717) is 0 Å². The van der Waals surface area contributed by atoms with Crippen molar-refractivity contribution in [2.45, 2.75) is 6.54 Å². The Labute approximate surface area is 90.0 Å². The van der Waals surface area contributed by atoms with Gasteiger partial charge in [0.05, 0.1) is 6.54 Å². The lowest BCUT2D eigenvalue weighted by Gasteiger charge is -2.11. The molecule has 2 aromatic rings. The van der Waals surface area contributed by atoms with Crippen LogP contribution < -0.4 is 0 Å². The highest BCUT2D eigenvalue weighted by Crippen LogP contribution is 2.10. The van der Waals surface area contributed by atoms with E-state index in [9.17, 15) is 0 Å². The highest BCUT2D eigenvalue weighted by molar-refractivity contribution is 5.32. The third-order valence-electron chi connectivity index (χ3n) is 2.21. The van der Waals surface area contributed by atoms with Crippen LogP contribution in [0.25, 0.3) is 5.69 Å². The van der Waals surface area contributed by atoms with Crippen LogP contribution in [0.4, 0.5) is 0 Å². The van der Waals surface area contributed by atoms with Gasteiger partial charge in [-0.1, -0.05) is 18.2 Å². The maximum Gasteiger partial charge on any atom is 0.127 e. The van der Waals surface area contributed by atoms with Crippen molar-refractivity contribution in [2.24, 2.45) is 0 Å². The Morgan fingerprint density at radius 2 is 1.93 bits per heavy atom. The maximum atomic E-state index is 4.35. The van der Waals surface area contributed by atoms with Gasteiger partial charge in [0.15, 0.2) is 0 Å². The van der Waals surface area contributed by atoms with E-state index >= 15 is 0 Å². The molecule has 0 atom stereocenters. The second-order valence-corrected chi connectivity index (χ2v) is 3.79. The second kappa shape index (κ2) is 4.28. The summed E-state index contributed by atoms with van der Waals surface area (Å²) in [6.07, 6.45) is 3.83. The predicted molar refractivity (Wildman–Crippen MR) is 61.0 cm³/mol. The molecule has 0 aliphatic heterocycles. The average Bonchev–Trinajstić information content (AvgIpc) is 2.66. The van der Waals surface area contributed by atoms with Gasteiger partial charge in [-0.3, -0.25) is 0 Å². The van der Waals surface area contributed by atoms with Gasteiger partial charge >= 0.3 is 0 Å². The molecule has 0 aliphatic rings. The van der Waals surface area contributed by atoms with E-state index in [0.717, 1.165) is 18.1 Å². The fourth-order valence-electron chi connectivity index (χ4n) is 1.56. The van der Waals surface area contributed by atoms with Gasteiger partial charge in [-0.15, -0.1) is 0 Å².